The molecule has 7 nitrogen and oxygen atoms in total. The van der Waals surface area contributed by atoms with Gasteiger partial charge in [0.2, 0.25) is 0 Å². The molecule has 2 saturated carbocycles. The van der Waals surface area contributed by atoms with E-state index >= 15 is 0 Å². The Balaban J connectivity index is 1.12. The molecule has 3 aliphatic rings. The van der Waals surface area contributed by atoms with Crippen molar-refractivity contribution < 1.29 is 19.1 Å². The van der Waals surface area contributed by atoms with Crippen LogP contribution in [0.4, 0.5) is 4.79 Å². The van der Waals surface area contributed by atoms with Crippen LogP contribution in [0.2, 0.25) is 0 Å². The van der Waals surface area contributed by atoms with Gasteiger partial charge in [-0.1, -0.05) is 30.3 Å². The number of benzene rings is 2. The van der Waals surface area contributed by atoms with Crippen LogP contribution >= 0.6 is 0 Å². The van der Waals surface area contributed by atoms with Crippen molar-refractivity contribution in [2.45, 2.75) is 76.2 Å². The van der Waals surface area contributed by atoms with Crippen LogP contribution in [-0.2, 0) is 24.2 Å². The van der Waals surface area contributed by atoms with Gasteiger partial charge in [-0.3, -0.25) is 4.79 Å². The Morgan fingerprint density at radius 1 is 0.944 bits per heavy atom. The second-order valence-electron chi connectivity index (χ2n) is 10.1. The zero-order valence-corrected chi connectivity index (χ0v) is 20.3. The predicted molar refractivity (Wildman–Crippen MR) is 134 cm³/mol. The molecular formula is C29H31N3O4. The molecule has 2 fully saturated rings. The average molecular weight is 486 g/mol. The van der Waals surface area contributed by atoms with E-state index in [9.17, 15) is 9.59 Å². The van der Waals surface area contributed by atoms with Crippen LogP contribution in [0.1, 0.15) is 65.7 Å². The number of carbonyl (C=O) groups excluding carboxylic acids is 2. The number of amides is 1. The number of ether oxygens (including phenoxy) is 2. The van der Waals surface area contributed by atoms with E-state index in [1.54, 1.807) is 6.20 Å². The summed E-state index contributed by atoms with van der Waals surface area (Å²) in [5.41, 5.74) is 3.58. The number of aromatic nitrogens is 2. The minimum Gasteiger partial charge on any atom is -0.490 e. The third-order valence-corrected chi connectivity index (χ3v) is 7.46. The Morgan fingerprint density at radius 3 is 2.42 bits per heavy atom. The van der Waals surface area contributed by atoms with Gasteiger partial charge in [-0.2, -0.15) is 9.78 Å². The molecule has 0 N–H and O–H groups in total. The Morgan fingerprint density at radius 2 is 1.72 bits per heavy atom. The van der Waals surface area contributed by atoms with Crippen molar-refractivity contribution >= 4 is 12.0 Å². The molecule has 6 rings (SSSR count). The summed E-state index contributed by atoms with van der Waals surface area (Å²) >= 11 is 0. The van der Waals surface area contributed by atoms with Gasteiger partial charge in [0, 0.05) is 23.8 Å². The predicted octanol–water partition coefficient (Wildman–Crippen LogP) is 5.16. The van der Waals surface area contributed by atoms with Crippen LogP contribution in [0.3, 0.4) is 0 Å². The SMILES string of the molecule is O=C(c1ccc(OC2CCC2)cc1)N(C1CC1)C1CCc2nn(C(=O)OCc3ccccc3)cc2C1. The second-order valence-corrected chi connectivity index (χ2v) is 10.1. The highest BCUT2D eigenvalue weighted by Gasteiger charge is 2.39. The molecule has 0 bridgehead atoms. The first kappa shape index (κ1) is 22.8. The lowest BCUT2D eigenvalue weighted by Crippen LogP contribution is -2.44. The van der Waals surface area contributed by atoms with Crippen molar-refractivity contribution in [3.63, 3.8) is 0 Å². The van der Waals surface area contributed by atoms with Crippen molar-refractivity contribution in [2.24, 2.45) is 0 Å². The fraction of sp³-hybridized carbons (Fsp3) is 0.414. The zero-order valence-electron chi connectivity index (χ0n) is 20.3. The minimum absolute atomic E-state index is 0.0795. The number of carbonyl (C=O) groups is 2. The van der Waals surface area contributed by atoms with E-state index in [1.165, 1.54) is 11.1 Å². The van der Waals surface area contributed by atoms with Crippen molar-refractivity contribution in [2.75, 3.05) is 0 Å². The second kappa shape index (κ2) is 9.80. The highest BCUT2D eigenvalue weighted by atomic mass is 16.6. The highest BCUT2D eigenvalue weighted by Crippen LogP contribution is 2.35. The maximum Gasteiger partial charge on any atom is 0.435 e. The summed E-state index contributed by atoms with van der Waals surface area (Å²) in [5.74, 6) is 0.916. The number of aryl methyl sites for hydroxylation is 1. The molecular weight excluding hydrogens is 454 g/mol. The van der Waals surface area contributed by atoms with Gasteiger partial charge in [0.1, 0.15) is 12.4 Å². The lowest BCUT2D eigenvalue weighted by Gasteiger charge is -2.34. The fourth-order valence-electron chi connectivity index (χ4n) is 5.09. The van der Waals surface area contributed by atoms with Gasteiger partial charge >= 0.3 is 6.09 Å². The molecule has 0 radical (unpaired) electrons. The van der Waals surface area contributed by atoms with Crippen molar-refractivity contribution in [3.05, 3.63) is 83.2 Å². The van der Waals surface area contributed by atoms with Gasteiger partial charge in [0.25, 0.3) is 5.91 Å². The monoisotopic (exact) mass is 485 g/mol. The molecule has 3 aliphatic carbocycles. The average Bonchev–Trinajstić information content (AvgIpc) is 3.62. The molecule has 1 amide bonds. The van der Waals surface area contributed by atoms with E-state index in [2.05, 4.69) is 10.00 Å². The van der Waals surface area contributed by atoms with E-state index in [1.807, 2.05) is 54.6 Å². The molecule has 0 aliphatic heterocycles. The number of rotatable bonds is 7. The molecule has 1 atom stereocenters. The molecule has 0 saturated heterocycles. The number of hydrogen-bond acceptors (Lipinski definition) is 5. The maximum atomic E-state index is 13.6. The first-order valence-electron chi connectivity index (χ1n) is 13.0. The van der Waals surface area contributed by atoms with E-state index in [0.717, 1.165) is 61.1 Å². The minimum atomic E-state index is -0.482. The third kappa shape index (κ3) is 4.87. The first-order valence-corrected chi connectivity index (χ1v) is 13.0. The van der Waals surface area contributed by atoms with Gasteiger partial charge in [0.05, 0.1) is 11.8 Å². The van der Waals surface area contributed by atoms with Crippen LogP contribution in [0.5, 0.6) is 5.75 Å². The molecule has 1 unspecified atom stereocenters. The highest BCUT2D eigenvalue weighted by molar-refractivity contribution is 5.95. The van der Waals surface area contributed by atoms with Crippen molar-refractivity contribution in [1.82, 2.24) is 14.7 Å². The lowest BCUT2D eigenvalue weighted by atomic mass is 9.91. The molecule has 7 heteroatoms. The van der Waals surface area contributed by atoms with Gasteiger partial charge in [-0.15, -0.1) is 0 Å². The summed E-state index contributed by atoms with van der Waals surface area (Å²) in [6.45, 7) is 0.210. The summed E-state index contributed by atoms with van der Waals surface area (Å²) in [7, 11) is 0. The Bertz CT molecular complexity index is 1230. The number of fused-ring (bicyclic) bond motifs is 1. The Labute approximate surface area is 211 Å². The fourth-order valence-corrected chi connectivity index (χ4v) is 5.09. The van der Waals surface area contributed by atoms with Crippen LogP contribution in [-0.4, -0.2) is 44.9 Å². The molecule has 1 heterocycles. The van der Waals surface area contributed by atoms with Gasteiger partial charge in [-0.25, -0.2) is 4.79 Å². The Kier molecular flexibility index (Phi) is 6.21. The van der Waals surface area contributed by atoms with Gasteiger partial charge in [0.15, 0.2) is 0 Å². The van der Waals surface area contributed by atoms with Crippen LogP contribution < -0.4 is 4.74 Å². The normalized spacial score (nSPS) is 19.2. The van der Waals surface area contributed by atoms with Crippen LogP contribution in [0, 0.1) is 0 Å². The summed E-state index contributed by atoms with van der Waals surface area (Å²) in [6, 6.07) is 17.6. The zero-order chi connectivity index (χ0) is 24.5. The van der Waals surface area contributed by atoms with E-state index in [4.69, 9.17) is 9.47 Å². The van der Waals surface area contributed by atoms with Crippen LogP contribution in [0.25, 0.3) is 0 Å². The smallest absolute Gasteiger partial charge is 0.435 e. The summed E-state index contributed by atoms with van der Waals surface area (Å²) < 4.78 is 12.7. The summed E-state index contributed by atoms with van der Waals surface area (Å²) in [6.07, 6.45) is 9.44. The maximum absolute atomic E-state index is 13.6. The lowest BCUT2D eigenvalue weighted by molar-refractivity contribution is 0.0642. The Hall–Kier alpha value is -3.61. The van der Waals surface area contributed by atoms with Crippen LogP contribution in [0.15, 0.2) is 60.8 Å². The third-order valence-electron chi connectivity index (χ3n) is 7.46. The first-order chi connectivity index (χ1) is 17.6. The van der Waals surface area contributed by atoms with Crippen molar-refractivity contribution in [3.8, 4) is 5.75 Å². The molecule has 3 aromatic rings. The van der Waals surface area contributed by atoms with Crippen molar-refractivity contribution in [1.29, 1.82) is 0 Å². The largest absolute Gasteiger partial charge is 0.490 e. The topological polar surface area (TPSA) is 73.7 Å². The molecule has 1 aromatic heterocycles. The molecule has 186 valence electrons. The summed E-state index contributed by atoms with van der Waals surface area (Å²) in [4.78, 5) is 28.2. The van der Waals surface area contributed by atoms with E-state index in [-0.39, 0.29) is 18.6 Å². The standard InChI is InChI=1S/C29H31N3O4/c33-28(21-9-14-26(15-10-21)36-25-7-4-8-25)32(23-11-12-23)24-13-16-27-22(17-24)18-31(30-27)29(34)35-19-20-5-2-1-3-6-20/h1-3,5-6,9-10,14-15,18,23-25H,4,7-8,11-13,16-17,19H2. The van der Waals surface area contributed by atoms with E-state index in [0.29, 0.717) is 24.1 Å². The number of hydrogen-bond donors (Lipinski definition) is 0. The number of nitrogens with zero attached hydrogens (tertiary/aromatic N) is 3. The molecule has 2 aromatic carbocycles. The molecule has 0 spiro atoms. The van der Waals surface area contributed by atoms with Gasteiger partial charge < -0.3 is 14.4 Å². The quantitative estimate of drug-likeness (QED) is 0.462. The summed E-state index contributed by atoms with van der Waals surface area (Å²) in [5, 5.41) is 4.49. The molecule has 36 heavy (non-hydrogen) atoms. The van der Waals surface area contributed by atoms with Gasteiger partial charge in [-0.05, 0) is 86.8 Å². The van der Waals surface area contributed by atoms with E-state index < -0.39 is 6.09 Å².